The number of thioether (sulfide) groups is 2. The van der Waals surface area contributed by atoms with Gasteiger partial charge in [-0.3, -0.25) is 0 Å². The molecule has 1 aromatic carbocycles. The quantitative estimate of drug-likeness (QED) is 0.905. The maximum atomic E-state index is 5.97. The molecular formula is C12H15Cl2NS2. The van der Waals surface area contributed by atoms with E-state index in [1.807, 2.05) is 18.2 Å². The van der Waals surface area contributed by atoms with Crippen LogP contribution in [0.4, 0.5) is 0 Å². The Bertz CT molecular complexity index is 368. The van der Waals surface area contributed by atoms with Gasteiger partial charge in [0.1, 0.15) is 0 Å². The van der Waals surface area contributed by atoms with Crippen molar-refractivity contribution in [2.45, 2.75) is 11.8 Å². The molecular weight excluding hydrogens is 293 g/mol. The van der Waals surface area contributed by atoms with Gasteiger partial charge in [0.05, 0.1) is 10.0 Å². The summed E-state index contributed by atoms with van der Waals surface area (Å²) < 4.78 is 0. The third kappa shape index (κ3) is 4.56. The highest BCUT2D eigenvalue weighted by Crippen LogP contribution is 2.24. The van der Waals surface area contributed by atoms with Crippen molar-refractivity contribution in [1.29, 1.82) is 0 Å². The van der Waals surface area contributed by atoms with E-state index in [9.17, 15) is 0 Å². The van der Waals surface area contributed by atoms with Crippen molar-refractivity contribution < 1.29 is 0 Å². The average molecular weight is 308 g/mol. The third-order valence-corrected chi connectivity index (χ3v) is 6.15. The zero-order valence-electron chi connectivity index (χ0n) is 9.42. The number of halogens is 2. The predicted octanol–water partition coefficient (Wildman–Crippen LogP) is 3.93. The van der Waals surface area contributed by atoms with Gasteiger partial charge >= 0.3 is 0 Å². The molecule has 1 saturated heterocycles. The molecule has 1 nitrogen and oxygen atoms in total. The second kappa shape index (κ2) is 7.15. The lowest BCUT2D eigenvalue weighted by molar-refractivity contribution is 0.686. The molecule has 1 aliphatic rings. The van der Waals surface area contributed by atoms with Crippen LogP contribution in [-0.2, 0) is 6.54 Å². The van der Waals surface area contributed by atoms with Crippen LogP contribution in [0, 0.1) is 0 Å². The summed E-state index contributed by atoms with van der Waals surface area (Å²) in [6, 6.07) is 5.80. The number of hydrogen-bond acceptors (Lipinski definition) is 3. The molecule has 0 bridgehead atoms. The van der Waals surface area contributed by atoms with Gasteiger partial charge in [0, 0.05) is 35.6 Å². The van der Waals surface area contributed by atoms with Gasteiger partial charge in [-0.2, -0.15) is 23.5 Å². The predicted molar refractivity (Wildman–Crippen MR) is 81.7 cm³/mol. The monoisotopic (exact) mass is 307 g/mol. The van der Waals surface area contributed by atoms with Crippen molar-refractivity contribution >= 4 is 46.7 Å². The van der Waals surface area contributed by atoms with Gasteiger partial charge in [-0.1, -0.05) is 29.3 Å². The summed E-state index contributed by atoms with van der Waals surface area (Å²) in [4.78, 5) is 0. The minimum Gasteiger partial charge on any atom is -0.312 e. The largest absolute Gasteiger partial charge is 0.312 e. The fourth-order valence-electron chi connectivity index (χ4n) is 1.68. The summed E-state index contributed by atoms with van der Waals surface area (Å²) in [6.45, 7) is 1.93. The molecule has 1 aliphatic heterocycles. The first-order valence-corrected chi connectivity index (χ1v) is 8.55. The molecule has 0 spiro atoms. The summed E-state index contributed by atoms with van der Waals surface area (Å²) in [6.07, 6.45) is 0. The zero-order valence-corrected chi connectivity index (χ0v) is 12.6. The topological polar surface area (TPSA) is 12.0 Å². The normalized spacial score (nSPS) is 20.5. The van der Waals surface area contributed by atoms with E-state index in [2.05, 4.69) is 28.8 Å². The van der Waals surface area contributed by atoms with Crippen LogP contribution in [0.3, 0.4) is 0 Å². The summed E-state index contributed by atoms with van der Waals surface area (Å²) in [5, 5.41) is 5.48. The Morgan fingerprint density at radius 2 is 2.12 bits per heavy atom. The molecule has 5 heteroatoms. The molecule has 94 valence electrons. The fourth-order valence-corrected chi connectivity index (χ4v) is 4.65. The lowest BCUT2D eigenvalue weighted by Gasteiger charge is -2.21. The van der Waals surface area contributed by atoms with Crippen LogP contribution >= 0.6 is 46.7 Å². The molecule has 0 radical (unpaired) electrons. The van der Waals surface area contributed by atoms with Crippen molar-refractivity contribution in [2.75, 3.05) is 23.8 Å². The Morgan fingerprint density at radius 3 is 2.82 bits per heavy atom. The Balaban J connectivity index is 1.75. The van der Waals surface area contributed by atoms with Gasteiger partial charge in [-0.05, 0) is 17.7 Å². The fraction of sp³-hybridized carbons (Fsp3) is 0.500. The molecule has 0 aliphatic carbocycles. The van der Waals surface area contributed by atoms with E-state index in [4.69, 9.17) is 23.2 Å². The first-order valence-electron chi connectivity index (χ1n) is 5.59. The van der Waals surface area contributed by atoms with E-state index in [0.29, 0.717) is 10.0 Å². The van der Waals surface area contributed by atoms with E-state index >= 15 is 0 Å². The second-order valence-electron chi connectivity index (χ2n) is 3.95. The van der Waals surface area contributed by atoms with E-state index in [-0.39, 0.29) is 0 Å². The van der Waals surface area contributed by atoms with Gasteiger partial charge in [0.15, 0.2) is 0 Å². The van der Waals surface area contributed by atoms with Crippen LogP contribution < -0.4 is 5.32 Å². The summed E-state index contributed by atoms with van der Waals surface area (Å²) in [7, 11) is 0. The second-order valence-corrected chi connectivity index (χ2v) is 7.32. The number of hydrogen-bond donors (Lipinski definition) is 1. The van der Waals surface area contributed by atoms with Gasteiger partial charge in [0.25, 0.3) is 0 Å². The highest BCUT2D eigenvalue weighted by atomic mass is 35.5. The van der Waals surface area contributed by atoms with Gasteiger partial charge in [-0.15, -0.1) is 0 Å². The smallest absolute Gasteiger partial charge is 0.0595 e. The minimum atomic E-state index is 0.620. The van der Waals surface area contributed by atoms with E-state index in [1.165, 1.54) is 22.8 Å². The minimum absolute atomic E-state index is 0.620. The first-order chi connectivity index (χ1) is 8.25. The summed E-state index contributed by atoms with van der Waals surface area (Å²) in [5.41, 5.74) is 1.19. The van der Waals surface area contributed by atoms with Crippen LogP contribution in [0.15, 0.2) is 18.2 Å². The van der Waals surface area contributed by atoms with Crippen LogP contribution in [0.25, 0.3) is 0 Å². The van der Waals surface area contributed by atoms with E-state index in [1.54, 1.807) is 0 Å². The van der Waals surface area contributed by atoms with Crippen molar-refractivity contribution in [3.05, 3.63) is 33.8 Å². The Hall–Kier alpha value is 0.460. The van der Waals surface area contributed by atoms with Crippen LogP contribution in [-0.4, -0.2) is 29.1 Å². The molecule has 1 unspecified atom stereocenters. The molecule has 1 aromatic rings. The molecule has 1 heterocycles. The molecule has 1 fully saturated rings. The van der Waals surface area contributed by atoms with Gasteiger partial charge < -0.3 is 5.32 Å². The SMILES string of the molecule is Clc1ccc(CNCC2CSCCS2)cc1Cl. The maximum absolute atomic E-state index is 5.97. The van der Waals surface area contributed by atoms with Gasteiger partial charge in [-0.25, -0.2) is 0 Å². The number of rotatable bonds is 4. The van der Waals surface area contributed by atoms with Crippen molar-refractivity contribution in [2.24, 2.45) is 0 Å². The summed E-state index contributed by atoms with van der Waals surface area (Å²) in [5.74, 6) is 3.84. The molecule has 0 amide bonds. The molecule has 1 atom stereocenters. The van der Waals surface area contributed by atoms with Crippen molar-refractivity contribution in [3.8, 4) is 0 Å². The molecule has 2 rings (SSSR count). The van der Waals surface area contributed by atoms with Crippen LogP contribution in [0.1, 0.15) is 5.56 Å². The van der Waals surface area contributed by atoms with E-state index in [0.717, 1.165) is 18.3 Å². The zero-order chi connectivity index (χ0) is 12.1. The standard InChI is InChI=1S/C12H15Cl2NS2/c13-11-2-1-9(5-12(11)14)6-15-7-10-8-16-3-4-17-10/h1-2,5,10,15H,3-4,6-8H2. The molecule has 17 heavy (non-hydrogen) atoms. The van der Waals surface area contributed by atoms with Gasteiger partial charge in [0.2, 0.25) is 0 Å². The van der Waals surface area contributed by atoms with Crippen molar-refractivity contribution in [3.63, 3.8) is 0 Å². The highest BCUT2D eigenvalue weighted by Gasteiger charge is 2.13. The lowest BCUT2D eigenvalue weighted by atomic mass is 10.2. The average Bonchev–Trinajstić information content (AvgIpc) is 2.35. The third-order valence-electron chi connectivity index (χ3n) is 2.57. The maximum Gasteiger partial charge on any atom is 0.0595 e. The molecule has 0 aromatic heterocycles. The molecule has 0 saturated carbocycles. The van der Waals surface area contributed by atoms with E-state index < -0.39 is 0 Å². The molecule has 1 N–H and O–H groups in total. The number of benzene rings is 1. The van der Waals surface area contributed by atoms with Crippen LogP contribution in [0.2, 0.25) is 10.0 Å². The Labute approximate surface area is 121 Å². The Kier molecular flexibility index (Phi) is 5.84. The first kappa shape index (κ1) is 13.9. The number of nitrogens with one attached hydrogen (secondary N) is 1. The Morgan fingerprint density at radius 1 is 1.24 bits per heavy atom. The van der Waals surface area contributed by atoms with Crippen molar-refractivity contribution in [1.82, 2.24) is 5.32 Å². The van der Waals surface area contributed by atoms with Crippen LogP contribution in [0.5, 0.6) is 0 Å². The highest BCUT2D eigenvalue weighted by molar-refractivity contribution is 8.06. The summed E-state index contributed by atoms with van der Waals surface area (Å²) >= 11 is 16.0. The lowest BCUT2D eigenvalue weighted by Crippen LogP contribution is -2.28.